The molecule has 1 heterocycles. The van der Waals surface area contributed by atoms with Gasteiger partial charge in [-0.3, -0.25) is 0 Å². The van der Waals surface area contributed by atoms with E-state index < -0.39 is 0 Å². The molecular weight excluding hydrogens is 194 g/mol. The van der Waals surface area contributed by atoms with E-state index in [-0.39, 0.29) is 0 Å². The largest absolute Gasteiger partial charge is 0.343 e. The van der Waals surface area contributed by atoms with Crippen molar-refractivity contribution in [3.63, 3.8) is 0 Å². The predicted octanol–water partition coefficient (Wildman–Crippen LogP) is 3.49. The predicted molar refractivity (Wildman–Crippen MR) is 66.3 cm³/mol. The van der Waals surface area contributed by atoms with E-state index in [4.69, 9.17) is 0 Å². The molecule has 1 nitrogen and oxygen atoms in total. The minimum atomic E-state index is 0.919. The van der Waals surface area contributed by atoms with Crippen LogP contribution in [0.25, 0.3) is 10.9 Å². The molecule has 0 unspecified atom stereocenters. The fourth-order valence-corrected chi connectivity index (χ4v) is 2.00. The van der Waals surface area contributed by atoms with Gasteiger partial charge in [-0.05, 0) is 29.1 Å². The molecule has 16 heavy (non-hydrogen) atoms. The van der Waals surface area contributed by atoms with Crippen molar-refractivity contribution in [1.82, 2.24) is 4.57 Å². The summed E-state index contributed by atoms with van der Waals surface area (Å²) >= 11 is 0. The summed E-state index contributed by atoms with van der Waals surface area (Å²) < 4.78 is 2.27. The van der Waals surface area contributed by atoms with Gasteiger partial charge < -0.3 is 4.57 Å². The van der Waals surface area contributed by atoms with Crippen LogP contribution in [-0.4, -0.2) is 4.57 Å². The Balaban J connectivity index is 2.01. The first-order valence-electron chi connectivity index (χ1n) is 5.42. The smallest absolute Gasteiger partial charge is 0.0483 e. The number of rotatable bonds is 2. The van der Waals surface area contributed by atoms with E-state index in [2.05, 4.69) is 59.3 Å². The number of benzene rings is 2. The lowest BCUT2D eigenvalue weighted by molar-refractivity contribution is 0.837. The van der Waals surface area contributed by atoms with E-state index >= 15 is 0 Å². The van der Waals surface area contributed by atoms with Crippen molar-refractivity contribution >= 4 is 10.9 Å². The highest BCUT2D eigenvalue weighted by molar-refractivity contribution is 5.79. The van der Waals surface area contributed by atoms with Crippen molar-refractivity contribution in [2.24, 2.45) is 0 Å². The number of aromatic nitrogens is 1. The van der Waals surface area contributed by atoms with Gasteiger partial charge in [0.25, 0.3) is 0 Å². The Morgan fingerprint density at radius 3 is 2.62 bits per heavy atom. The SMILES string of the molecule is [c]1ccc(Cn2ccc3ccccc32)cc1. The zero-order chi connectivity index (χ0) is 10.8. The van der Waals surface area contributed by atoms with Gasteiger partial charge >= 0.3 is 0 Å². The zero-order valence-electron chi connectivity index (χ0n) is 8.93. The zero-order valence-corrected chi connectivity index (χ0v) is 8.93. The first-order chi connectivity index (χ1) is 7.93. The molecule has 0 aliphatic heterocycles. The highest BCUT2D eigenvalue weighted by Crippen LogP contribution is 2.16. The van der Waals surface area contributed by atoms with E-state index in [9.17, 15) is 0 Å². The highest BCUT2D eigenvalue weighted by atomic mass is 14.9. The first kappa shape index (κ1) is 9.22. The maximum absolute atomic E-state index is 3.04. The van der Waals surface area contributed by atoms with Gasteiger partial charge in [0.2, 0.25) is 0 Å². The molecule has 0 saturated heterocycles. The van der Waals surface area contributed by atoms with Crippen LogP contribution < -0.4 is 0 Å². The average Bonchev–Trinajstić information content (AvgIpc) is 2.74. The fourth-order valence-electron chi connectivity index (χ4n) is 2.00. The van der Waals surface area contributed by atoms with Crippen LogP contribution in [0, 0.1) is 6.07 Å². The van der Waals surface area contributed by atoms with Crippen molar-refractivity contribution in [3.8, 4) is 0 Å². The normalized spacial score (nSPS) is 10.8. The van der Waals surface area contributed by atoms with Crippen LogP contribution in [0.1, 0.15) is 5.56 Å². The van der Waals surface area contributed by atoms with Gasteiger partial charge in [-0.1, -0.05) is 42.5 Å². The van der Waals surface area contributed by atoms with Crippen LogP contribution in [-0.2, 0) is 6.54 Å². The summed E-state index contributed by atoms with van der Waals surface area (Å²) in [6, 6.07) is 21.8. The van der Waals surface area contributed by atoms with Gasteiger partial charge in [0.15, 0.2) is 0 Å². The number of hydrogen-bond donors (Lipinski definition) is 0. The van der Waals surface area contributed by atoms with Gasteiger partial charge in [0.05, 0.1) is 0 Å². The lowest BCUT2D eigenvalue weighted by Gasteiger charge is -2.05. The van der Waals surface area contributed by atoms with Crippen molar-refractivity contribution in [2.45, 2.75) is 6.54 Å². The van der Waals surface area contributed by atoms with E-state index in [0.717, 1.165) is 6.54 Å². The summed E-state index contributed by atoms with van der Waals surface area (Å²) in [6.45, 7) is 0.919. The lowest BCUT2D eigenvalue weighted by atomic mass is 10.2. The van der Waals surface area contributed by atoms with Crippen LogP contribution in [0.15, 0.2) is 60.8 Å². The summed E-state index contributed by atoms with van der Waals surface area (Å²) in [5.74, 6) is 0. The molecule has 0 amide bonds. The average molecular weight is 206 g/mol. The summed E-state index contributed by atoms with van der Waals surface area (Å²) in [4.78, 5) is 0. The number of para-hydroxylation sites is 1. The van der Waals surface area contributed by atoms with E-state index in [1.54, 1.807) is 0 Å². The van der Waals surface area contributed by atoms with Gasteiger partial charge in [0, 0.05) is 18.3 Å². The topological polar surface area (TPSA) is 4.93 Å². The Morgan fingerprint density at radius 2 is 1.75 bits per heavy atom. The van der Waals surface area contributed by atoms with Crippen LogP contribution in [0.5, 0.6) is 0 Å². The van der Waals surface area contributed by atoms with Gasteiger partial charge in [-0.15, -0.1) is 0 Å². The van der Waals surface area contributed by atoms with E-state index in [1.165, 1.54) is 16.5 Å². The Hall–Kier alpha value is -2.02. The van der Waals surface area contributed by atoms with Crippen LogP contribution in [0.3, 0.4) is 0 Å². The molecule has 77 valence electrons. The molecule has 0 fully saturated rings. The standard InChI is InChI=1S/C15H12N/c1-2-6-13(7-3-1)12-16-11-10-14-8-4-5-9-15(14)16/h2-11H,12H2. The summed E-state index contributed by atoms with van der Waals surface area (Å²) in [5.41, 5.74) is 2.59. The Kier molecular flexibility index (Phi) is 2.22. The van der Waals surface area contributed by atoms with Crippen molar-refractivity contribution < 1.29 is 0 Å². The maximum Gasteiger partial charge on any atom is 0.0483 e. The molecule has 0 bridgehead atoms. The molecular formula is C15H12N. The van der Waals surface area contributed by atoms with Gasteiger partial charge in [0.1, 0.15) is 0 Å². The lowest BCUT2D eigenvalue weighted by Crippen LogP contribution is -1.96. The van der Waals surface area contributed by atoms with E-state index in [0.29, 0.717) is 0 Å². The van der Waals surface area contributed by atoms with Crippen molar-refractivity contribution in [1.29, 1.82) is 0 Å². The summed E-state index contributed by atoms with van der Waals surface area (Å²) in [5, 5.41) is 1.30. The molecule has 0 aliphatic rings. The van der Waals surface area contributed by atoms with Crippen LogP contribution in [0.2, 0.25) is 0 Å². The Bertz CT molecular complexity index is 593. The second kappa shape index (κ2) is 3.86. The second-order valence-electron chi connectivity index (χ2n) is 3.91. The Labute approximate surface area is 95.0 Å². The molecule has 0 aliphatic carbocycles. The molecule has 3 rings (SSSR count). The highest BCUT2D eigenvalue weighted by Gasteiger charge is 1.99. The molecule has 0 spiro atoms. The van der Waals surface area contributed by atoms with Gasteiger partial charge in [-0.2, -0.15) is 0 Å². The van der Waals surface area contributed by atoms with Gasteiger partial charge in [-0.25, -0.2) is 0 Å². The molecule has 0 N–H and O–H groups in total. The third kappa shape index (κ3) is 1.61. The fraction of sp³-hybridized carbons (Fsp3) is 0.0667. The van der Waals surface area contributed by atoms with E-state index in [1.807, 2.05) is 12.1 Å². The maximum atomic E-state index is 3.04. The molecule has 1 heteroatoms. The quantitative estimate of drug-likeness (QED) is 0.605. The van der Waals surface area contributed by atoms with Crippen LogP contribution in [0.4, 0.5) is 0 Å². The molecule has 3 aromatic rings. The van der Waals surface area contributed by atoms with Crippen LogP contribution >= 0.6 is 0 Å². The summed E-state index contributed by atoms with van der Waals surface area (Å²) in [7, 11) is 0. The third-order valence-electron chi connectivity index (χ3n) is 2.82. The number of hydrogen-bond acceptors (Lipinski definition) is 0. The number of fused-ring (bicyclic) bond motifs is 1. The van der Waals surface area contributed by atoms with Crippen molar-refractivity contribution in [3.05, 3.63) is 72.4 Å². The second-order valence-corrected chi connectivity index (χ2v) is 3.91. The monoisotopic (exact) mass is 206 g/mol. The minimum Gasteiger partial charge on any atom is -0.343 e. The minimum absolute atomic E-state index is 0.919. The molecule has 0 atom stereocenters. The summed E-state index contributed by atoms with van der Waals surface area (Å²) in [6.07, 6.45) is 2.14. The van der Waals surface area contributed by atoms with Crippen molar-refractivity contribution in [2.75, 3.05) is 0 Å². The molecule has 0 saturated carbocycles. The first-order valence-corrected chi connectivity index (χ1v) is 5.42. The molecule has 1 aromatic heterocycles. The Morgan fingerprint density at radius 1 is 0.938 bits per heavy atom. The number of nitrogens with zero attached hydrogens (tertiary/aromatic N) is 1. The molecule has 2 aromatic carbocycles. The molecule has 1 radical (unpaired) electrons. The third-order valence-corrected chi connectivity index (χ3v) is 2.82.